The second kappa shape index (κ2) is 6.93. The van der Waals surface area contributed by atoms with E-state index in [2.05, 4.69) is 24.4 Å². The van der Waals surface area contributed by atoms with Crippen molar-refractivity contribution < 1.29 is 4.79 Å². The van der Waals surface area contributed by atoms with Crippen LogP contribution in [0.4, 0.5) is 4.79 Å². The molecule has 2 amide bonds. The first-order chi connectivity index (χ1) is 11.0. The monoisotopic (exact) mass is 348 g/mol. The lowest BCUT2D eigenvalue weighted by molar-refractivity contribution is 0.189. The zero-order valence-corrected chi connectivity index (χ0v) is 15.0. The van der Waals surface area contributed by atoms with Gasteiger partial charge in [-0.25, -0.2) is 4.79 Å². The van der Waals surface area contributed by atoms with Crippen molar-refractivity contribution in [2.24, 2.45) is 0 Å². The molecular formula is C18H21ClN2OS. The number of nitrogens with one attached hydrogen (secondary N) is 1. The molecule has 1 N–H and O–H groups in total. The zero-order chi connectivity index (χ0) is 16.4. The van der Waals surface area contributed by atoms with Crippen molar-refractivity contribution in [2.45, 2.75) is 45.3 Å². The molecule has 3 rings (SSSR count). The van der Waals surface area contributed by atoms with Gasteiger partial charge in [-0.05, 0) is 56.5 Å². The Morgan fingerprint density at radius 3 is 2.57 bits per heavy atom. The van der Waals surface area contributed by atoms with Gasteiger partial charge in [0.15, 0.2) is 0 Å². The molecule has 0 radical (unpaired) electrons. The Bertz CT molecular complexity index is 679. The molecule has 0 saturated heterocycles. The van der Waals surface area contributed by atoms with Gasteiger partial charge in [0.2, 0.25) is 0 Å². The van der Waals surface area contributed by atoms with Gasteiger partial charge >= 0.3 is 6.03 Å². The van der Waals surface area contributed by atoms with Crippen LogP contribution in [0.25, 0.3) is 0 Å². The Hall–Kier alpha value is -1.52. The van der Waals surface area contributed by atoms with Crippen LogP contribution in [-0.4, -0.2) is 17.0 Å². The lowest BCUT2D eigenvalue weighted by atomic mass is 10.1. The fraction of sp³-hybridized carbons (Fsp3) is 0.389. The quantitative estimate of drug-likeness (QED) is 0.796. The first kappa shape index (κ1) is 16.3. The summed E-state index contributed by atoms with van der Waals surface area (Å²) in [6.07, 6.45) is 2.21. The number of urea groups is 1. The molecule has 5 heteroatoms. The molecule has 1 atom stereocenters. The maximum absolute atomic E-state index is 12.7. The van der Waals surface area contributed by atoms with Gasteiger partial charge in [-0.1, -0.05) is 23.7 Å². The Morgan fingerprint density at radius 1 is 1.30 bits per heavy atom. The first-order valence-electron chi connectivity index (χ1n) is 7.91. The number of carbonyl (C=O) groups excluding carboxylic acids is 1. The highest BCUT2D eigenvalue weighted by molar-refractivity contribution is 7.11. The van der Waals surface area contributed by atoms with Gasteiger partial charge in [-0.2, -0.15) is 0 Å². The van der Waals surface area contributed by atoms with Gasteiger partial charge < -0.3 is 10.2 Å². The third-order valence-corrected chi connectivity index (χ3v) is 5.32. The molecule has 3 nitrogen and oxygen atoms in total. The summed E-state index contributed by atoms with van der Waals surface area (Å²) >= 11 is 7.68. The summed E-state index contributed by atoms with van der Waals surface area (Å²) in [5.41, 5.74) is 1.06. The Balaban J connectivity index is 1.65. The van der Waals surface area contributed by atoms with Crippen LogP contribution in [0.5, 0.6) is 0 Å². The van der Waals surface area contributed by atoms with Crippen LogP contribution in [0.2, 0.25) is 5.02 Å². The standard InChI is InChI=1S/C18H21ClN2OS/c1-12-3-10-17(23-12)11-21(16-8-9-16)18(22)20-13(2)14-4-6-15(19)7-5-14/h3-7,10,13,16H,8-9,11H2,1-2H3,(H,20,22)/t13-/m1/s1. The van der Waals surface area contributed by atoms with E-state index in [1.807, 2.05) is 36.1 Å². The maximum atomic E-state index is 12.7. The topological polar surface area (TPSA) is 32.3 Å². The Kier molecular flexibility index (Phi) is 4.93. The minimum atomic E-state index is -0.0360. The summed E-state index contributed by atoms with van der Waals surface area (Å²) < 4.78 is 0. The normalized spacial score (nSPS) is 15.3. The Morgan fingerprint density at radius 2 is 2.00 bits per heavy atom. The number of amides is 2. The summed E-state index contributed by atoms with van der Waals surface area (Å²) in [5, 5.41) is 3.82. The van der Waals surface area contributed by atoms with Crippen molar-refractivity contribution in [3.63, 3.8) is 0 Å². The van der Waals surface area contributed by atoms with Gasteiger partial charge in [0.1, 0.15) is 0 Å². The fourth-order valence-corrected chi connectivity index (χ4v) is 3.61. The summed E-state index contributed by atoms with van der Waals surface area (Å²) in [6, 6.07) is 12.2. The van der Waals surface area contributed by atoms with E-state index in [9.17, 15) is 4.79 Å². The third-order valence-electron chi connectivity index (χ3n) is 4.08. The van der Waals surface area contributed by atoms with Crippen molar-refractivity contribution in [1.29, 1.82) is 0 Å². The Labute approximate surface area is 146 Å². The number of halogens is 1. The average Bonchev–Trinajstić information content (AvgIpc) is 3.27. The number of benzene rings is 1. The summed E-state index contributed by atoms with van der Waals surface area (Å²) in [4.78, 5) is 17.2. The molecule has 1 aliphatic carbocycles. The number of hydrogen-bond donors (Lipinski definition) is 1. The van der Waals surface area contributed by atoms with E-state index in [1.165, 1.54) is 9.75 Å². The number of aryl methyl sites for hydroxylation is 1. The predicted octanol–water partition coefficient (Wildman–Crippen LogP) is 5.15. The van der Waals surface area contributed by atoms with Crippen LogP contribution in [0, 0.1) is 6.92 Å². The van der Waals surface area contributed by atoms with Gasteiger partial charge in [0, 0.05) is 20.8 Å². The van der Waals surface area contributed by atoms with Crippen LogP contribution >= 0.6 is 22.9 Å². The van der Waals surface area contributed by atoms with E-state index in [0.717, 1.165) is 18.4 Å². The maximum Gasteiger partial charge on any atom is 0.318 e. The van der Waals surface area contributed by atoms with Gasteiger partial charge in [0.25, 0.3) is 0 Å². The van der Waals surface area contributed by atoms with Crippen LogP contribution in [0.15, 0.2) is 36.4 Å². The molecular weight excluding hydrogens is 328 g/mol. The van der Waals surface area contributed by atoms with E-state index in [4.69, 9.17) is 11.6 Å². The molecule has 0 unspecified atom stereocenters. The molecule has 1 aromatic carbocycles. The highest BCUT2D eigenvalue weighted by atomic mass is 35.5. The number of rotatable bonds is 5. The SMILES string of the molecule is Cc1ccc(CN(C(=O)N[C@H](C)c2ccc(Cl)cc2)C2CC2)s1. The van der Waals surface area contributed by atoms with E-state index in [0.29, 0.717) is 17.6 Å². The molecule has 0 spiro atoms. The average molecular weight is 349 g/mol. The fourth-order valence-electron chi connectivity index (χ4n) is 2.59. The summed E-state index contributed by atoms with van der Waals surface area (Å²) in [7, 11) is 0. The van der Waals surface area contributed by atoms with E-state index >= 15 is 0 Å². The molecule has 2 aromatic rings. The molecule has 1 aliphatic rings. The minimum Gasteiger partial charge on any atom is -0.331 e. The largest absolute Gasteiger partial charge is 0.331 e. The lowest BCUT2D eigenvalue weighted by Gasteiger charge is -2.25. The number of thiophene rings is 1. The number of nitrogens with zero attached hydrogens (tertiary/aromatic N) is 1. The van der Waals surface area contributed by atoms with E-state index < -0.39 is 0 Å². The smallest absolute Gasteiger partial charge is 0.318 e. The van der Waals surface area contributed by atoms with Crippen molar-refractivity contribution in [3.8, 4) is 0 Å². The van der Waals surface area contributed by atoms with Crippen molar-refractivity contribution in [3.05, 3.63) is 56.7 Å². The highest BCUT2D eigenvalue weighted by Gasteiger charge is 2.33. The predicted molar refractivity (Wildman–Crippen MR) is 96.0 cm³/mol. The van der Waals surface area contributed by atoms with E-state index in [1.54, 1.807) is 11.3 Å². The number of carbonyl (C=O) groups is 1. The molecule has 1 aromatic heterocycles. The van der Waals surface area contributed by atoms with Crippen molar-refractivity contribution in [2.75, 3.05) is 0 Å². The van der Waals surface area contributed by atoms with Gasteiger partial charge in [-0.3, -0.25) is 0 Å². The highest BCUT2D eigenvalue weighted by Crippen LogP contribution is 2.30. The van der Waals surface area contributed by atoms with Gasteiger partial charge in [0.05, 0.1) is 12.6 Å². The lowest BCUT2D eigenvalue weighted by Crippen LogP contribution is -2.41. The summed E-state index contributed by atoms with van der Waals surface area (Å²) in [5.74, 6) is 0. The molecule has 1 fully saturated rings. The van der Waals surface area contributed by atoms with Crippen LogP contribution < -0.4 is 5.32 Å². The van der Waals surface area contributed by atoms with Crippen LogP contribution in [0.3, 0.4) is 0 Å². The number of hydrogen-bond acceptors (Lipinski definition) is 2. The molecule has 1 heterocycles. The second-order valence-electron chi connectivity index (χ2n) is 6.09. The van der Waals surface area contributed by atoms with E-state index in [-0.39, 0.29) is 12.1 Å². The first-order valence-corrected chi connectivity index (χ1v) is 9.10. The van der Waals surface area contributed by atoms with Crippen molar-refractivity contribution >= 4 is 29.0 Å². The molecule has 23 heavy (non-hydrogen) atoms. The molecule has 0 bridgehead atoms. The molecule has 1 saturated carbocycles. The zero-order valence-electron chi connectivity index (χ0n) is 13.4. The van der Waals surface area contributed by atoms with Crippen LogP contribution in [0.1, 0.15) is 41.1 Å². The molecule has 122 valence electrons. The van der Waals surface area contributed by atoms with Crippen LogP contribution in [-0.2, 0) is 6.54 Å². The van der Waals surface area contributed by atoms with Gasteiger partial charge in [-0.15, -0.1) is 11.3 Å². The molecule has 0 aliphatic heterocycles. The summed E-state index contributed by atoms with van der Waals surface area (Å²) in [6.45, 7) is 4.79. The van der Waals surface area contributed by atoms with Crippen molar-refractivity contribution in [1.82, 2.24) is 10.2 Å². The second-order valence-corrected chi connectivity index (χ2v) is 7.90. The minimum absolute atomic E-state index is 0.0148. The third kappa shape index (κ3) is 4.27.